The molecule has 2 aromatic carbocycles. The van der Waals surface area contributed by atoms with E-state index >= 15 is 0 Å². The summed E-state index contributed by atoms with van der Waals surface area (Å²) in [5, 5.41) is 0.539. The Morgan fingerprint density at radius 2 is 2.00 bits per heavy atom. The number of hydrogen-bond donors (Lipinski definition) is 0. The number of methoxy groups -OCH3 is 1. The number of carbonyl (C=O) groups is 1. The zero-order valence-electron chi connectivity index (χ0n) is 20.2. The molecule has 3 aromatic rings. The molecule has 8 nitrogen and oxygen atoms in total. The number of thiazole rings is 1. The van der Waals surface area contributed by atoms with Gasteiger partial charge in [0.15, 0.2) is 5.13 Å². The summed E-state index contributed by atoms with van der Waals surface area (Å²) in [5.41, 5.74) is 0.674. The van der Waals surface area contributed by atoms with E-state index in [2.05, 4.69) is 0 Å². The number of benzene rings is 2. The highest BCUT2D eigenvalue weighted by atomic mass is 32.2. The van der Waals surface area contributed by atoms with Crippen molar-refractivity contribution < 1.29 is 31.5 Å². The Hall–Kier alpha value is -2.67. The van der Waals surface area contributed by atoms with Gasteiger partial charge < -0.3 is 9.47 Å². The first kappa shape index (κ1) is 26.0. The lowest BCUT2D eigenvalue weighted by Crippen LogP contribution is -2.46. The summed E-state index contributed by atoms with van der Waals surface area (Å²) >= 11 is 1.39. The fraction of sp³-hybridized carbons (Fsp3) is 0.440. The van der Waals surface area contributed by atoms with E-state index in [0.717, 1.165) is 34.0 Å². The van der Waals surface area contributed by atoms with Crippen LogP contribution < -0.4 is 9.64 Å². The van der Waals surface area contributed by atoms with E-state index in [1.807, 2.05) is 18.2 Å². The van der Waals surface area contributed by atoms with E-state index < -0.39 is 32.5 Å². The highest BCUT2D eigenvalue weighted by molar-refractivity contribution is 7.89. The van der Waals surface area contributed by atoms with Crippen molar-refractivity contribution in [1.82, 2.24) is 9.29 Å². The third kappa shape index (κ3) is 5.20. The number of para-hydroxylation sites is 1. The maximum absolute atomic E-state index is 14.2. The quantitative estimate of drug-likeness (QED) is 0.438. The predicted octanol–water partition coefficient (Wildman–Crippen LogP) is 4.20. The standard InChI is InChI=1S/C25H27F2N3O5S2/c1-34-20-5-2-6-21-23(20)28-25(36-21)30(15-18-4-3-13-35-18)24(31)16-9-11-29(12-10-16)37(32,33)22-14-17(26)7-8-19(22)27/h2,5-8,14,16,18H,3-4,9-13,15H2,1H3. The van der Waals surface area contributed by atoms with Crippen molar-refractivity contribution in [2.45, 2.75) is 36.7 Å². The number of nitrogens with zero attached hydrogens (tertiary/aromatic N) is 3. The molecule has 2 aliphatic heterocycles. The van der Waals surface area contributed by atoms with Crippen LogP contribution in [0.1, 0.15) is 25.7 Å². The minimum atomic E-state index is -4.23. The summed E-state index contributed by atoms with van der Waals surface area (Å²) in [6, 6.07) is 7.96. The molecule has 2 aliphatic rings. The van der Waals surface area contributed by atoms with Gasteiger partial charge in [0.25, 0.3) is 0 Å². The van der Waals surface area contributed by atoms with Crippen molar-refractivity contribution in [3.63, 3.8) is 0 Å². The molecule has 0 N–H and O–H groups in total. The van der Waals surface area contributed by atoms with E-state index in [1.54, 1.807) is 12.0 Å². The smallest absolute Gasteiger partial charge is 0.246 e. The van der Waals surface area contributed by atoms with Crippen LogP contribution in [0.5, 0.6) is 5.75 Å². The van der Waals surface area contributed by atoms with Crippen molar-refractivity contribution in [2.24, 2.45) is 5.92 Å². The van der Waals surface area contributed by atoms with E-state index in [9.17, 15) is 22.0 Å². The topological polar surface area (TPSA) is 89.0 Å². The van der Waals surface area contributed by atoms with Gasteiger partial charge in [-0.1, -0.05) is 17.4 Å². The third-order valence-corrected chi connectivity index (χ3v) is 9.77. The fourth-order valence-corrected chi connectivity index (χ4v) is 7.37. The van der Waals surface area contributed by atoms with E-state index in [0.29, 0.717) is 35.6 Å². The first-order valence-electron chi connectivity index (χ1n) is 12.1. The molecule has 1 aromatic heterocycles. The predicted molar refractivity (Wildman–Crippen MR) is 135 cm³/mol. The van der Waals surface area contributed by atoms with Gasteiger partial charge in [0.1, 0.15) is 27.8 Å². The third-order valence-electron chi connectivity index (χ3n) is 6.81. The molecule has 0 spiro atoms. The van der Waals surface area contributed by atoms with Gasteiger partial charge in [-0.15, -0.1) is 0 Å². The lowest BCUT2D eigenvalue weighted by molar-refractivity contribution is -0.123. The first-order valence-corrected chi connectivity index (χ1v) is 14.4. The van der Waals surface area contributed by atoms with Gasteiger partial charge in [0.2, 0.25) is 15.9 Å². The molecule has 3 heterocycles. The van der Waals surface area contributed by atoms with Crippen LogP contribution in [0.15, 0.2) is 41.3 Å². The number of sulfonamides is 1. The van der Waals surface area contributed by atoms with Gasteiger partial charge in [-0.3, -0.25) is 9.69 Å². The van der Waals surface area contributed by atoms with E-state index in [4.69, 9.17) is 14.5 Å². The number of halogens is 2. The second-order valence-corrected chi connectivity index (χ2v) is 12.1. The first-order chi connectivity index (χ1) is 17.8. The second-order valence-electron chi connectivity index (χ2n) is 9.14. The second kappa shape index (κ2) is 10.6. The lowest BCUT2D eigenvalue weighted by atomic mass is 9.96. The number of piperidine rings is 1. The van der Waals surface area contributed by atoms with Crippen LogP contribution >= 0.6 is 11.3 Å². The van der Waals surface area contributed by atoms with Gasteiger partial charge in [-0.05, 0) is 56.0 Å². The highest BCUT2D eigenvalue weighted by Gasteiger charge is 2.37. The fourth-order valence-electron chi connectivity index (χ4n) is 4.82. The molecule has 1 unspecified atom stereocenters. The number of carbonyl (C=O) groups excluding carboxylic acids is 1. The van der Waals surface area contributed by atoms with Crippen LogP contribution in [0.2, 0.25) is 0 Å². The largest absolute Gasteiger partial charge is 0.494 e. The minimum Gasteiger partial charge on any atom is -0.494 e. The normalized spacial score (nSPS) is 19.4. The highest BCUT2D eigenvalue weighted by Crippen LogP contribution is 2.36. The Bertz CT molecular complexity index is 1400. The molecule has 2 fully saturated rings. The average molecular weight is 552 g/mol. The minimum absolute atomic E-state index is 0.0239. The Balaban J connectivity index is 1.36. The lowest BCUT2D eigenvalue weighted by Gasteiger charge is -2.33. The monoisotopic (exact) mass is 551 g/mol. The Kier molecular flexibility index (Phi) is 7.44. The zero-order chi connectivity index (χ0) is 26.2. The molecule has 5 rings (SSSR count). The van der Waals surface area contributed by atoms with Gasteiger partial charge in [0, 0.05) is 25.6 Å². The molecule has 37 heavy (non-hydrogen) atoms. The number of aromatic nitrogens is 1. The van der Waals surface area contributed by atoms with Crippen LogP contribution in [-0.4, -0.2) is 63.1 Å². The Morgan fingerprint density at radius 1 is 1.22 bits per heavy atom. The number of anilines is 1. The SMILES string of the molecule is COc1cccc2sc(N(CC3CCCO3)C(=O)C3CCN(S(=O)(=O)c4cc(F)ccc4F)CC3)nc12. The number of fused-ring (bicyclic) bond motifs is 1. The Labute approximate surface area is 217 Å². The van der Waals surface area contributed by atoms with E-state index in [1.165, 1.54) is 11.3 Å². The van der Waals surface area contributed by atoms with Gasteiger partial charge in [-0.2, -0.15) is 4.31 Å². The van der Waals surface area contributed by atoms with Gasteiger partial charge >= 0.3 is 0 Å². The van der Waals surface area contributed by atoms with E-state index in [-0.39, 0.29) is 37.9 Å². The van der Waals surface area contributed by atoms with Crippen LogP contribution in [0.4, 0.5) is 13.9 Å². The molecule has 198 valence electrons. The molecular weight excluding hydrogens is 524 g/mol. The van der Waals surface area contributed by atoms with Gasteiger partial charge in [-0.25, -0.2) is 22.2 Å². The molecule has 0 radical (unpaired) electrons. The molecule has 12 heteroatoms. The summed E-state index contributed by atoms with van der Waals surface area (Å²) in [7, 11) is -2.66. The summed E-state index contributed by atoms with van der Waals surface area (Å²) < 4.78 is 67.0. The maximum Gasteiger partial charge on any atom is 0.246 e. The molecular formula is C25H27F2N3O5S2. The zero-order valence-corrected chi connectivity index (χ0v) is 21.9. The van der Waals surface area contributed by atoms with Crippen LogP contribution in [0, 0.1) is 17.6 Å². The molecule has 2 saturated heterocycles. The van der Waals surface area contributed by atoms with Crippen molar-refractivity contribution in [3.8, 4) is 5.75 Å². The van der Waals surface area contributed by atoms with Crippen LogP contribution in [-0.2, 0) is 19.6 Å². The average Bonchev–Trinajstić information content (AvgIpc) is 3.58. The summed E-state index contributed by atoms with van der Waals surface area (Å²) in [4.78, 5) is 19.4. The maximum atomic E-state index is 14.2. The number of amides is 1. The van der Waals surface area contributed by atoms with Crippen molar-refractivity contribution in [1.29, 1.82) is 0 Å². The van der Waals surface area contributed by atoms with Crippen LogP contribution in [0.3, 0.4) is 0 Å². The molecule has 1 amide bonds. The number of hydrogen-bond acceptors (Lipinski definition) is 7. The number of ether oxygens (including phenoxy) is 2. The summed E-state index contributed by atoms with van der Waals surface area (Å²) in [5.74, 6) is -1.81. The molecule has 0 aliphatic carbocycles. The molecule has 1 atom stereocenters. The number of rotatable bonds is 7. The van der Waals surface area contributed by atoms with Crippen molar-refractivity contribution in [2.75, 3.05) is 38.3 Å². The molecule has 0 bridgehead atoms. The van der Waals surface area contributed by atoms with Crippen LogP contribution in [0.25, 0.3) is 10.2 Å². The molecule has 0 saturated carbocycles. The summed E-state index contributed by atoms with van der Waals surface area (Å²) in [6.45, 7) is 1.05. The summed E-state index contributed by atoms with van der Waals surface area (Å²) in [6.07, 6.45) is 2.17. The van der Waals surface area contributed by atoms with Gasteiger partial charge in [0.05, 0.1) is 24.5 Å². The van der Waals surface area contributed by atoms with Crippen molar-refractivity contribution >= 4 is 42.6 Å². The van der Waals surface area contributed by atoms with Crippen molar-refractivity contribution in [3.05, 3.63) is 48.0 Å². The Morgan fingerprint density at radius 3 is 2.70 bits per heavy atom.